The average Bonchev–Trinajstić information content (AvgIpc) is 3.03. The first-order valence-corrected chi connectivity index (χ1v) is 5.47. The standard InChI is InChI=1S/C12H12ClFO2/c1-16-11(15)12(4-5-12)7-8-2-3-10(14)9(13)6-8/h2-3,6H,4-5,7H2,1H3. The zero-order chi connectivity index (χ0) is 11.8. The van der Waals surface area contributed by atoms with Crippen LogP contribution >= 0.6 is 11.6 Å². The molecule has 16 heavy (non-hydrogen) atoms. The lowest BCUT2D eigenvalue weighted by molar-refractivity contribution is -0.147. The van der Waals surface area contributed by atoms with Crippen molar-refractivity contribution in [2.45, 2.75) is 19.3 Å². The molecular weight excluding hydrogens is 231 g/mol. The molecule has 1 fully saturated rings. The maximum absolute atomic E-state index is 12.9. The van der Waals surface area contributed by atoms with Crippen molar-refractivity contribution in [3.8, 4) is 0 Å². The van der Waals surface area contributed by atoms with E-state index in [-0.39, 0.29) is 11.0 Å². The van der Waals surface area contributed by atoms with Gasteiger partial charge in [-0.05, 0) is 37.0 Å². The number of rotatable bonds is 3. The lowest BCUT2D eigenvalue weighted by Gasteiger charge is -2.12. The van der Waals surface area contributed by atoms with Crippen molar-refractivity contribution >= 4 is 17.6 Å². The van der Waals surface area contributed by atoms with E-state index in [1.165, 1.54) is 13.2 Å². The van der Waals surface area contributed by atoms with Crippen LogP contribution in [0.2, 0.25) is 5.02 Å². The normalized spacial score (nSPS) is 16.9. The van der Waals surface area contributed by atoms with Gasteiger partial charge in [0.2, 0.25) is 0 Å². The minimum Gasteiger partial charge on any atom is -0.469 e. The van der Waals surface area contributed by atoms with E-state index in [1.54, 1.807) is 12.1 Å². The van der Waals surface area contributed by atoms with Crippen molar-refractivity contribution in [2.75, 3.05) is 7.11 Å². The highest BCUT2D eigenvalue weighted by Gasteiger charge is 2.50. The number of hydrogen-bond acceptors (Lipinski definition) is 2. The van der Waals surface area contributed by atoms with Gasteiger partial charge in [0.05, 0.1) is 17.5 Å². The summed E-state index contributed by atoms with van der Waals surface area (Å²) in [5, 5.41) is 0.0955. The summed E-state index contributed by atoms with van der Waals surface area (Å²) in [5.74, 6) is -0.624. The molecule has 4 heteroatoms. The second kappa shape index (κ2) is 4.06. The molecule has 0 aliphatic heterocycles. The van der Waals surface area contributed by atoms with Crippen LogP contribution in [0.5, 0.6) is 0 Å². The van der Waals surface area contributed by atoms with Gasteiger partial charge in [0.25, 0.3) is 0 Å². The van der Waals surface area contributed by atoms with E-state index in [2.05, 4.69) is 0 Å². The minimum atomic E-state index is -0.437. The van der Waals surface area contributed by atoms with Crippen molar-refractivity contribution in [3.05, 3.63) is 34.6 Å². The van der Waals surface area contributed by atoms with Crippen LogP contribution in [0.15, 0.2) is 18.2 Å². The third-order valence-corrected chi connectivity index (χ3v) is 3.29. The quantitative estimate of drug-likeness (QED) is 0.762. The Morgan fingerprint density at radius 2 is 2.25 bits per heavy atom. The van der Waals surface area contributed by atoms with E-state index in [0.717, 1.165) is 18.4 Å². The van der Waals surface area contributed by atoms with Crippen molar-refractivity contribution in [1.82, 2.24) is 0 Å². The van der Waals surface area contributed by atoms with Crippen LogP contribution in [0.4, 0.5) is 4.39 Å². The first-order valence-electron chi connectivity index (χ1n) is 5.10. The molecule has 1 aromatic carbocycles. The Morgan fingerprint density at radius 3 is 2.75 bits per heavy atom. The first-order chi connectivity index (χ1) is 7.57. The number of ether oxygens (including phenoxy) is 1. The number of carbonyl (C=O) groups excluding carboxylic acids is 1. The molecule has 0 N–H and O–H groups in total. The molecule has 2 rings (SSSR count). The Kier molecular flexibility index (Phi) is 2.89. The second-order valence-electron chi connectivity index (χ2n) is 4.20. The van der Waals surface area contributed by atoms with Crippen molar-refractivity contribution in [1.29, 1.82) is 0 Å². The van der Waals surface area contributed by atoms with E-state index in [1.807, 2.05) is 0 Å². The molecule has 1 aliphatic carbocycles. The third kappa shape index (κ3) is 2.05. The predicted molar refractivity (Wildman–Crippen MR) is 58.8 cm³/mol. The first kappa shape index (κ1) is 11.4. The van der Waals surface area contributed by atoms with Crippen LogP contribution in [-0.4, -0.2) is 13.1 Å². The predicted octanol–water partition coefficient (Wildman–Crippen LogP) is 2.97. The van der Waals surface area contributed by atoms with Crippen LogP contribution in [0.1, 0.15) is 18.4 Å². The maximum Gasteiger partial charge on any atom is 0.312 e. The summed E-state index contributed by atoms with van der Waals surface area (Å²) in [6, 6.07) is 4.55. The van der Waals surface area contributed by atoms with E-state index < -0.39 is 11.2 Å². The molecule has 0 unspecified atom stereocenters. The van der Waals surface area contributed by atoms with Crippen LogP contribution < -0.4 is 0 Å². The van der Waals surface area contributed by atoms with Crippen LogP contribution in [-0.2, 0) is 16.0 Å². The zero-order valence-corrected chi connectivity index (χ0v) is 9.68. The van der Waals surface area contributed by atoms with Gasteiger partial charge in [-0.15, -0.1) is 0 Å². The summed E-state index contributed by atoms with van der Waals surface area (Å²) >= 11 is 5.69. The van der Waals surface area contributed by atoms with Gasteiger partial charge in [0.1, 0.15) is 5.82 Å². The lowest BCUT2D eigenvalue weighted by atomic mass is 9.97. The van der Waals surface area contributed by atoms with Crippen LogP contribution in [0, 0.1) is 11.2 Å². The Morgan fingerprint density at radius 1 is 1.56 bits per heavy atom. The zero-order valence-electron chi connectivity index (χ0n) is 8.93. The van der Waals surface area contributed by atoms with E-state index in [9.17, 15) is 9.18 Å². The molecule has 0 atom stereocenters. The van der Waals surface area contributed by atoms with Gasteiger partial charge < -0.3 is 4.74 Å². The molecule has 0 spiro atoms. The number of esters is 1. The summed E-state index contributed by atoms with van der Waals surface area (Å²) in [6.07, 6.45) is 2.23. The summed E-state index contributed by atoms with van der Waals surface area (Å²) < 4.78 is 17.7. The summed E-state index contributed by atoms with van der Waals surface area (Å²) in [4.78, 5) is 11.5. The van der Waals surface area contributed by atoms with Crippen molar-refractivity contribution in [2.24, 2.45) is 5.41 Å². The Hall–Kier alpha value is -1.09. The van der Waals surface area contributed by atoms with Gasteiger partial charge in [0, 0.05) is 0 Å². The van der Waals surface area contributed by atoms with Gasteiger partial charge in [-0.1, -0.05) is 17.7 Å². The number of benzene rings is 1. The molecule has 1 aliphatic rings. The highest BCUT2D eigenvalue weighted by atomic mass is 35.5. The number of methoxy groups -OCH3 is 1. The van der Waals surface area contributed by atoms with Crippen molar-refractivity contribution < 1.29 is 13.9 Å². The van der Waals surface area contributed by atoms with Crippen molar-refractivity contribution in [3.63, 3.8) is 0 Å². The summed E-state index contributed by atoms with van der Waals surface area (Å²) in [6.45, 7) is 0. The van der Waals surface area contributed by atoms with E-state index in [4.69, 9.17) is 16.3 Å². The summed E-state index contributed by atoms with van der Waals surface area (Å²) in [5.41, 5.74) is 0.477. The molecule has 1 aromatic rings. The van der Waals surface area contributed by atoms with E-state index >= 15 is 0 Å². The molecule has 86 valence electrons. The Labute approximate surface area is 98.4 Å². The maximum atomic E-state index is 12.9. The highest BCUT2D eigenvalue weighted by molar-refractivity contribution is 6.30. The number of halogens is 2. The smallest absolute Gasteiger partial charge is 0.312 e. The van der Waals surface area contributed by atoms with Gasteiger partial charge in [-0.2, -0.15) is 0 Å². The average molecular weight is 243 g/mol. The van der Waals surface area contributed by atoms with Gasteiger partial charge in [-0.3, -0.25) is 4.79 Å². The molecule has 0 saturated heterocycles. The molecule has 0 bridgehead atoms. The monoisotopic (exact) mass is 242 g/mol. The molecule has 0 amide bonds. The second-order valence-corrected chi connectivity index (χ2v) is 4.60. The van der Waals surface area contributed by atoms with Crippen LogP contribution in [0.3, 0.4) is 0 Å². The highest BCUT2D eigenvalue weighted by Crippen LogP contribution is 2.49. The lowest BCUT2D eigenvalue weighted by Crippen LogP contribution is -2.20. The van der Waals surface area contributed by atoms with E-state index in [0.29, 0.717) is 6.42 Å². The Bertz CT molecular complexity index is 427. The molecule has 0 radical (unpaired) electrons. The summed E-state index contributed by atoms with van der Waals surface area (Å²) in [7, 11) is 1.39. The minimum absolute atomic E-state index is 0.0955. The van der Waals surface area contributed by atoms with Crippen LogP contribution in [0.25, 0.3) is 0 Å². The Balaban J connectivity index is 2.15. The molecular formula is C12H12ClFO2. The SMILES string of the molecule is COC(=O)C1(Cc2ccc(F)c(Cl)c2)CC1. The molecule has 1 saturated carbocycles. The van der Waals surface area contributed by atoms with Gasteiger partial charge in [0.15, 0.2) is 0 Å². The topological polar surface area (TPSA) is 26.3 Å². The number of hydrogen-bond donors (Lipinski definition) is 0. The fourth-order valence-corrected chi connectivity index (χ4v) is 2.06. The largest absolute Gasteiger partial charge is 0.469 e. The molecule has 0 aromatic heterocycles. The van der Waals surface area contributed by atoms with Gasteiger partial charge >= 0.3 is 5.97 Å². The third-order valence-electron chi connectivity index (χ3n) is 3.00. The number of carbonyl (C=O) groups is 1. The van der Waals surface area contributed by atoms with Gasteiger partial charge in [-0.25, -0.2) is 4.39 Å². The fraction of sp³-hybridized carbons (Fsp3) is 0.417. The molecule has 0 heterocycles. The molecule has 2 nitrogen and oxygen atoms in total. The fourth-order valence-electron chi connectivity index (χ4n) is 1.86.